The van der Waals surface area contributed by atoms with Crippen molar-refractivity contribution in [3.05, 3.63) is 94.6 Å². The van der Waals surface area contributed by atoms with Crippen LogP contribution in [0.5, 0.6) is 11.5 Å². The van der Waals surface area contributed by atoms with Gasteiger partial charge in [0.25, 0.3) is 11.7 Å². The van der Waals surface area contributed by atoms with E-state index in [1.54, 1.807) is 18.2 Å². The Hall–Kier alpha value is -4.06. The first kappa shape index (κ1) is 24.1. The number of rotatable bonds is 7. The lowest BCUT2D eigenvalue weighted by Crippen LogP contribution is -2.30. The lowest BCUT2D eigenvalue weighted by atomic mass is 9.92. The topological polar surface area (TPSA) is 76.1 Å². The lowest BCUT2D eigenvalue weighted by molar-refractivity contribution is -0.132. The molecule has 4 rings (SSSR count). The molecule has 180 valence electrons. The number of ether oxygens (including phenoxy) is 2. The maximum absolute atomic E-state index is 13.5. The van der Waals surface area contributed by atoms with Gasteiger partial charge < -0.3 is 14.6 Å². The number of carbonyl (C=O) groups excluding carboxylic acids is 2. The summed E-state index contributed by atoms with van der Waals surface area (Å²) >= 11 is 0. The zero-order valence-corrected chi connectivity index (χ0v) is 20.4. The number of amides is 1. The number of nitrogens with zero attached hydrogens (tertiary/aromatic N) is 1. The summed E-state index contributed by atoms with van der Waals surface area (Å²) in [6, 6.07) is 19.2. The molecule has 1 aliphatic heterocycles. The van der Waals surface area contributed by atoms with Crippen molar-refractivity contribution in [2.45, 2.75) is 33.7 Å². The molecule has 1 unspecified atom stereocenters. The minimum Gasteiger partial charge on any atom is -0.507 e. The van der Waals surface area contributed by atoms with Crippen LogP contribution in [0, 0.1) is 13.8 Å². The number of Topliss-reactive ketones (excluding diaryl/α,β-unsaturated/α-hetero) is 1. The molecule has 1 fully saturated rings. The molecular weight excluding hydrogens is 442 g/mol. The number of aliphatic hydroxyl groups is 1. The fourth-order valence-corrected chi connectivity index (χ4v) is 4.48. The van der Waals surface area contributed by atoms with Crippen LogP contribution in [0.15, 0.2) is 72.3 Å². The number of anilines is 1. The van der Waals surface area contributed by atoms with Crippen LogP contribution in [-0.2, 0) is 9.59 Å². The summed E-state index contributed by atoms with van der Waals surface area (Å²) in [7, 11) is 0. The molecule has 0 saturated carbocycles. The first-order valence-corrected chi connectivity index (χ1v) is 11.7. The molecule has 3 aromatic carbocycles. The Morgan fingerprint density at radius 2 is 1.54 bits per heavy atom. The zero-order valence-electron chi connectivity index (χ0n) is 20.4. The number of para-hydroxylation sites is 1. The summed E-state index contributed by atoms with van der Waals surface area (Å²) in [6.07, 6.45) is 0. The first-order chi connectivity index (χ1) is 16.9. The van der Waals surface area contributed by atoms with Gasteiger partial charge in [0, 0.05) is 11.8 Å². The quantitative estimate of drug-likeness (QED) is 0.271. The average molecular weight is 472 g/mol. The Labute approximate surface area is 205 Å². The molecule has 1 aliphatic rings. The SMILES string of the molecule is CCOc1ccc(/C(O)=C2\C(=O)C(=O)N(c3ccccc3C)C2c2ccccc2C)c(OCC)c1. The van der Waals surface area contributed by atoms with Crippen molar-refractivity contribution in [1.29, 1.82) is 0 Å². The summed E-state index contributed by atoms with van der Waals surface area (Å²) < 4.78 is 11.4. The van der Waals surface area contributed by atoms with Gasteiger partial charge in [0.15, 0.2) is 0 Å². The summed E-state index contributed by atoms with van der Waals surface area (Å²) in [5, 5.41) is 11.6. The van der Waals surface area contributed by atoms with Crippen LogP contribution in [0.25, 0.3) is 5.76 Å². The summed E-state index contributed by atoms with van der Waals surface area (Å²) in [5.74, 6) is -0.739. The Bertz CT molecular complexity index is 1310. The second-order valence-electron chi connectivity index (χ2n) is 8.34. The van der Waals surface area contributed by atoms with E-state index >= 15 is 0 Å². The minimum atomic E-state index is -0.793. The van der Waals surface area contributed by atoms with Gasteiger partial charge >= 0.3 is 0 Å². The number of hydrogen-bond acceptors (Lipinski definition) is 5. The standard InChI is InChI=1S/C29H29NO5/c1-5-34-20-15-16-22(24(17-20)35-6-2)27(31)25-26(21-13-9-7-11-18(21)3)30(29(33)28(25)32)23-14-10-8-12-19(23)4/h7-17,26,31H,5-6H2,1-4H3/b27-25+. The number of benzene rings is 3. The van der Waals surface area contributed by atoms with Gasteiger partial charge in [-0.3, -0.25) is 14.5 Å². The number of carbonyl (C=O) groups is 2. The molecule has 0 radical (unpaired) electrons. The Morgan fingerprint density at radius 1 is 0.886 bits per heavy atom. The van der Waals surface area contributed by atoms with Crippen LogP contribution in [0.3, 0.4) is 0 Å². The second kappa shape index (κ2) is 10.1. The van der Waals surface area contributed by atoms with Crippen molar-refractivity contribution < 1.29 is 24.2 Å². The van der Waals surface area contributed by atoms with Crippen molar-refractivity contribution in [1.82, 2.24) is 0 Å². The van der Waals surface area contributed by atoms with Crippen molar-refractivity contribution >= 4 is 23.1 Å². The Morgan fingerprint density at radius 3 is 2.20 bits per heavy atom. The molecule has 1 N–H and O–H groups in total. The van der Waals surface area contributed by atoms with Gasteiger partial charge in [-0.15, -0.1) is 0 Å². The van der Waals surface area contributed by atoms with Crippen LogP contribution in [0.4, 0.5) is 5.69 Å². The highest BCUT2D eigenvalue weighted by molar-refractivity contribution is 6.51. The van der Waals surface area contributed by atoms with Crippen LogP contribution in [-0.4, -0.2) is 30.0 Å². The van der Waals surface area contributed by atoms with Gasteiger partial charge in [-0.05, 0) is 62.6 Å². The van der Waals surface area contributed by atoms with E-state index in [0.29, 0.717) is 36.0 Å². The van der Waals surface area contributed by atoms with E-state index in [4.69, 9.17) is 9.47 Å². The highest BCUT2D eigenvalue weighted by Gasteiger charge is 2.47. The van der Waals surface area contributed by atoms with Gasteiger partial charge in [-0.25, -0.2) is 0 Å². The third-order valence-electron chi connectivity index (χ3n) is 6.12. The molecule has 0 spiro atoms. The molecule has 0 aliphatic carbocycles. The Balaban J connectivity index is 1.98. The molecule has 1 saturated heterocycles. The lowest BCUT2D eigenvalue weighted by Gasteiger charge is -2.28. The summed E-state index contributed by atoms with van der Waals surface area (Å²) in [5.41, 5.74) is 3.50. The van der Waals surface area contributed by atoms with Crippen molar-refractivity contribution in [2.24, 2.45) is 0 Å². The third kappa shape index (κ3) is 4.39. The summed E-state index contributed by atoms with van der Waals surface area (Å²) in [4.78, 5) is 28.4. The number of hydrogen-bond donors (Lipinski definition) is 1. The second-order valence-corrected chi connectivity index (χ2v) is 8.34. The summed E-state index contributed by atoms with van der Waals surface area (Å²) in [6.45, 7) is 8.37. The molecular formula is C29H29NO5. The molecule has 1 heterocycles. The molecule has 6 nitrogen and oxygen atoms in total. The van der Waals surface area contributed by atoms with E-state index in [2.05, 4.69) is 0 Å². The van der Waals surface area contributed by atoms with Gasteiger partial charge in [0.05, 0.1) is 30.4 Å². The van der Waals surface area contributed by atoms with Crippen molar-refractivity contribution in [2.75, 3.05) is 18.1 Å². The molecule has 1 amide bonds. The van der Waals surface area contributed by atoms with Gasteiger partial charge in [-0.2, -0.15) is 0 Å². The molecule has 1 atom stereocenters. The predicted octanol–water partition coefficient (Wildman–Crippen LogP) is 5.73. The molecule has 6 heteroatoms. The number of aryl methyl sites for hydroxylation is 2. The maximum Gasteiger partial charge on any atom is 0.300 e. The molecule has 35 heavy (non-hydrogen) atoms. The maximum atomic E-state index is 13.5. The van der Waals surface area contributed by atoms with Crippen molar-refractivity contribution in [3.63, 3.8) is 0 Å². The van der Waals surface area contributed by atoms with E-state index in [1.165, 1.54) is 4.90 Å². The van der Waals surface area contributed by atoms with Crippen LogP contribution in [0.2, 0.25) is 0 Å². The molecule has 0 bridgehead atoms. The van der Waals surface area contributed by atoms with Gasteiger partial charge in [0.2, 0.25) is 0 Å². The highest BCUT2D eigenvalue weighted by Crippen LogP contribution is 2.45. The Kier molecular flexibility index (Phi) is 6.92. The van der Waals surface area contributed by atoms with Crippen molar-refractivity contribution in [3.8, 4) is 11.5 Å². The third-order valence-corrected chi connectivity index (χ3v) is 6.12. The van der Waals surface area contributed by atoms with Gasteiger partial charge in [-0.1, -0.05) is 42.5 Å². The van der Waals surface area contributed by atoms with Crippen LogP contribution < -0.4 is 14.4 Å². The number of aliphatic hydroxyl groups excluding tert-OH is 1. The zero-order chi connectivity index (χ0) is 25.1. The van der Waals surface area contributed by atoms with E-state index in [1.807, 2.05) is 76.2 Å². The predicted molar refractivity (Wildman–Crippen MR) is 136 cm³/mol. The van der Waals surface area contributed by atoms with E-state index < -0.39 is 17.7 Å². The minimum absolute atomic E-state index is 0.0256. The van der Waals surface area contributed by atoms with E-state index in [0.717, 1.165) is 16.7 Å². The highest BCUT2D eigenvalue weighted by atomic mass is 16.5. The normalized spacial score (nSPS) is 17.0. The van der Waals surface area contributed by atoms with Gasteiger partial charge in [0.1, 0.15) is 17.3 Å². The monoisotopic (exact) mass is 471 g/mol. The molecule has 0 aromatic heterocycles. The molecule has 3 aromatic rings. The smallest absolute Gasteiger partial charge is 0.300 e. The average Bonchev–Trinajstić information content (AvgIpc) is 3.10. The first-order valence-electron chi connectivity index (χ1n) is 11.7. The van der Waals surface area contributed by atoms with Crippen LogP contribution in [0.1, 0.15) is 42.1 Å². The van der Waals surface area contributed by atoms with E-state index in [-0.39, 0.29) is 11.3 Å². The van der Waals surface area contributed by atoms with E-state index in [9.17, 15) is 14.7 Å². The van der Waals surface area contributed by atoms with Crippen LogP contribution >= 0.6 is 0 Å². The fraction of sp³-hybridized carbons (Fsp3) is 0.241. The number of ketones is 1. The fourth-order valence-electron chi connectivity index (χ4n) is 4.48. The largest absolute Gasteiger partial charge is 0.507 e.